The Kier molecular flexibility index (Phi) is 3.13. The Morgan fingerprint density at radius 3 is 2.94 bits per heavy atom. The largest absolute Gasteiger partial charge is 0.493 e. The molecule has 0 spiro atoms. The average molecular weight is 233 g/mol. The maximum atomic E-state index is 10.9. The number of nitrogens with zero attached hydrogens (tertiary/aromatic N) is 1. The summed E-state index contributed by atoms with van der Waals surface area (Å²) in [6.07, 6.45) is 2.52. The minimum atomic E-state index is -0.311. The van der Waals surface area contributed by atoms with Crippen molar-refractivity contribution < 1.29 is 9.66 Å². The summed E-state index contributed by atoms with van der Waals surface area (Å²) >= 11 is 0. The van der Waals surface area contributed by atoms with Crippen LogP contribution in [0, 0.1) is 16.0 Å². The van der Waals surface area contributed by atoms with Crippen molar-refractivity contribution in [3.63, 3.8) is 0 Å². The van der Waals surface area contributed by atoms with E-state index in [9.17, 15) is 10.1 Å². The van der Waals surface area contributed by atoms with Crippen LogP contribution in [0.15, 0.2) is 23.9 Å². The number of benzene rings is 1. The minimum absolute atomic E-state index is 0.0884. The van der Waals surface area contributed by atoms with E-state index in [1.54, 1.807) is 6.08 Å². The van der Waals surface area contributed by atoms with Crippen molar-refractivity contribution in [2.45, 2.75) is 20.3 Å². The van der Waals surface area contributed by atoms with Crippen LogP contribution in [0.3, 0.4) is 0 Å². The second-order valence-electron chi connectivity index (χ2n) is 4.45. The van der Waals surface area contributed by atoms with Crippen LogP contribution < -0.4 is 4.74 Å². The minimum Gasteiger partial charge on any atom is -0.493 e. The van der Waals surface area contributed by atoms with Crippen LogP contribution in [0.4, 0.5) is 0 Å². The molecule has 0 amide bonds. The summed E-state index contributed by atoms with van der Waals surface area (Å²) in [6.45, 7) is 4.35. The Morgan fingerprint density at radius 2 is 2.29 bits per heavy atom. The van der Waals surface area contributed by atoms with Crippen molar-refractivity contribution in [3.05, 3.63) is 45.1 Å². The third-order valence-corrected chi connectivity index (χ3v) is 2.83. The van der Waals surface area contributed by atoms with Crippen LogP contribution in [0.1, 0.15) is 25.0 Å². The van der Waals surface area contributed by atoms with E-state index in [0.29, 0.717) is 6.61 Å². The maximum absolute atomic E-state index is 10.9. The topological polar surface area (TPSA) is 52.4 Å². The Morgan fingerprint density at radius 1 is 1.53 bits per heavy atom. The molecule has 1 aromatic rings. The molecule has 0 bridgehead atoms. The van der Waals surface area contributed by atoms with Crippen molar-refractivity contribution in [2.24, 2.45) is 5.92 Å². The predicted octanol–water partition coefficient (Wildman–Crippen LogP) is 2.90. The monoisotopic (exact) mass is 233 g/mol. The predicted molar refractivity (Wildman–Crippen MR) is 65.5 cm³/mol. The van der Waals surface area contributed by atoms with Gasteiger partial charge in [-0.15, -0.1) is 0 Å². The first-order valence-electron chi connectivity index (χ1n) is 5.69. The number of nitro groups is 1. The lowest BCUT2D eigenvalue weighted by atomic mass is 10.0. The van der Waals surface area contributed by atoms with Crippen LogP contribution in [0.2, 0.25) is 0 Å². The highest BCUT2D eigenvalue weighted by Gasteiger charge is 2.17. The van der Waals surface area contributed by atoms with E-state index in [2.05, 4.69) is 0 Å². The van der Waals surface area contributed by atoms with Crippen molar-refractivity contribution >= 4 is 6.08 Å². The van der Waals surface area contributed by atoms with E-state index in [4.69, 9.17) is 4.74 Å². The van der Waals surface area contributed by atoms with Gasteiger partial charge in [-0.3, -0.25) is 10.1 Å². The van der Waals surface area contributed by atoms with Gasteiger partial charge in [0.1, 0.15) is 5.75 Å². The lowest BCUT2D eigenvalue weighted by Gasteiger charge is -2.03. The molecule has 90 valence electrons. The highest BCUT2D eigenvalue weighted by molar-refractivity contribution is 5.55. The molecule has 0 aliphatic carbocycles. The Labute approximate surface area is 100 Å². The van der Waals surface area contributed by atoms with Crippen LogP contribution in [-0.4, -0.2) is 11.5 Å². The second-order valence-corrected chi connectivity index (χ2v) is 4.45. The van der Waals surface area contributed by atoms with E-state index in [-0.39, 0.29) is 16.5 Å². The first-order chi connectivity index (χ1) is 8.08. The van der Waals surface area contributed by atoms with E-state index < -0.39 is 0 Å². The number of allylic oxidation sites excluding steroid dienone is 1. The molecule has 1 aliphatic heterocycles. The zero-order valence-electron chi connectivity index (χ0n) is 9.97. The van der Waals surface area contributed by atoms with Crippen LogP contribution in [-0.2, 0) is 6.42 Å². The first-order valence-corrected chi connectivity index (χ1v) is 5.69. The standard InChI is InChI=1S/C13H15NO3/c1-9(2)12(14(15)16)8-10-3-4-13-11(7-10)5-6-17-13/h3-4,7-9H,5-6H2,1-2H3/b12-8-. The van der Waals surface area contributed by atoms with Gasteiger partial charge >= 0.3 is 0 Å². The lowest BCUT2D eigenvalue weighted by Crippen LogP contribution is -2.05. The highest BCUT2D eigenvalue weighted by Crippen LogP contribution is 2.27. The van der Waals surface area contributed by atoms with Crippen LogP contribution >= 0.6 is 0 Å². The highest BCUT2D eigenvalue weighted by atomic mass is 16.6. The van der Waals surface area contributed by atoms with Gasteiger partial charge < -0.3 is 4.74 Å². The zero-order chi connectivity index (χ0) is 12.4. The normalized spacial score (nSPS) is 14.6. The molecule has 0 fully saturated rings. The quantitative estimate of drug-likeness (QED) is 0.595. The molecule has 0 atom stereocenters. The fourth-order valence-corrected chi connectivity index (χ4v) is 1.90. The third kappa shape index (κ3) is 2.46. The fourth-order valence-electron chi connectivity index (χ4n) is 1.90. The molecular weight excluding hydrogens is 218 g/mol. The van der Waals surface area contributed by atoms with E-state index in [1.165, 1.54) is 0 Å². The van der Waals surface area contributed by atoms with Crippen molar-refractivity contribution in [2.75, 3.05) is 6.61 Å². The van der Waals surface area contributed by atoms with Gasteiger partial charge in [0.2, 0.25) is 5.70 Å². The maximum Gasteiger partial charge on any atom is 0.249 e. The van der Waals surface area contributed by atoms with Crippen LogP contribution in [0.25, 0.3) is 6.08 Å². The molecule has 0 radical (unpaired) electrons. The summed E-state index contributed by atoms with van der Waals surface area (Å²) in [7, 11) is 0. The lowest BCUT2D eigenvalue weighted by molar-refractivity contribution is -0.431. The summed E-state index contributed by atoms with van der Waals surface area (Å²) in [5, 5.41) is 10.9. The van der Waals surface area contributed by atoms with Crippen LogP contribution in [0.5, 0.6) is 5.75 Å². The van der Waals surface area contributed by atoms with Gasteiger partial charge in [-0.1, -0.05) is 19.9 Å². The van der Waals surface area contributed by atoms with Crippen molar-refractivity contribution in [1.82, 2.24) is 0 Å². The Bertz CT molecular complexity index is 478. The Hall–Kier alpha value is -1.84. The van der Waals surface area contributed by atoms with Gasteiger partial charge in [-0.05, 0) is 23.3 Å². The van der Waals surface area contributed by atoms with Gasteiger partial charge in [0.15, 0.2) is 0 Å². The number of ether oxygens (including phenoxy) is 1. The van der Waals surface area contributed by atoms with Crippen molar-refractivity contribution in [3.8, 4) is 5.75 Å². The van der Waals surface area contributed by atoms with Gasteiger partial charge in [-0.2, -0.15) is 0 Å². The summed E-state index contributed by atoms with van der Waals surface area (Å²) < 4.78 is 5.40. The SMILES string of the molecule is CC(C)/C(=C/c1ccc2c(c1)CCO2)[N+](=O)[O-]. The zero-order valence-corrected chi connectivity index (χ0v) is 9.97. The number of fused-ring (bicyclic) bond motifs is 1. The van der Waals surface area contributed by atoms with E-state index >= 15 is 0 Å². The first kappa shape index (κ1) is 11.6. The molecule has 0 aromatic heterocycles. The van der Waals surface area contributed by atoms with Gasteiger partial charge in [0, 0.05) is 18.4 Å². The van der Waals surface area contributed by atoms with Gasteiger partial charge in [0.25, 0.3) is 0 Å². The molecule has 4 heteroatoms. The molecule has 0 saturated carbocycles. The molecule has 0 unspecified atom stereocenters. The number of rotatable bonds is 3. The number of hydrogen-bond donors (Lipinski definition) is 0. The summed E-state index contributed by atoms with van der Waals surface area (Å²) in [5.74, 6) is 0.809. The molecule has 1 heterocycles. The number of hydrogen-bond acceptors (Lipinski definition) is 3. The Balaban J connectivity index is 2.34. The average Bonchev–Trinajstić information content (AvgIpc) is 2.71. The molecular formula is C13H15NO3. The molecule has 0 saturated heterocycles. The smallest absolute Gasteiger partial charge is 0.249 e. The third-order valence-electron chi connectivity index (χ3n) is 2.83. The fraction of sp³-hybridized carbons (Fsp3) is 0.385. The summed E-state index contributed by atoms with van der Waals surface area (Å²) in [4.78, 5) is 10.6. The van der Waals surface area contributed by atoms with Gasteiger partial charge in [0.05, 0.1) is 11.5 Å². The van der Waals surface area contributed by atoms with E-state index in [1.807, 2.05) is 32.0 Å². The molecule has 2 rings (SSSR count). The van der Waals surface area contributed by atoms with E-state index in [0.717, 1.165) is 23.3 Å². The summed E-state index contributed by atoms with van der Waals surface area (Å²) in [6, 6.07) is 5.70. The molecule has 1 aromatic carbocycles. The van der Waals surface area contributed by atoms with Gasteiger partial charge in [-0.25, -0.2) is 0 Å². The van der Waals surface area contributed by atoms with Crippen molar-refractivity contribution in [1.29, 1.82) is 0 Å². The molecule has 0 N–H and O–H groups in total. The molecule has 4 nitrogen and oxygen atoms in total. The molecule has 17 heavy (non-hydrogen) atoms. The second kappa shape index (κ2) is 4.57. The summed E-state index contributed by atoms with van der Waals surface area (Å²) in [5.41, 5.74) is 2.24. The molecule has 1 aliphatic rings.